The van der Waals surface area contributed by atoms with E-state index in [0.717, 1.165) is 22.4 Å². The number of nitrogens with zero attached hydrogens (tertiary/aromatic N) is 3. The van der Waals surface area contributed by atoms with Crippen LogP contribution in [0.3, 0.4) is 0 Å². The normalized spacial score (nSPS) is 14.1. The van der Waals surface area contributed by atoms with Crippen LogP contribution in [-0.2, 0) is 16.3 Å². The zero-order valence-corrected chi connectivity index (χ0v) is 18.6. The molecule has 0 atom stereocenters. The molecule has 4 aromatic rings. The third-order valence-electron chi connectivity index (χ3n) is 5.32. The van der Waals surface area contributed by atoms with Crippen LogP contribution in [-0.4, -0.2) is 29.3 Å². The first-order valence-corrected chi connectivity index (χ1v) is 12.7. The van der Waals surface area contributed by atoms with Crippen LogP contribution < -0.4 is 0 Å². The second kappa shape index (κ2) is 8.01. The van der Waals surface area contributed by atoms with E-state index in [1.807, 2.05) is 31.2 Å². The first kappa shape index (κ1) is 20.1. The van der Waals surface area contributed by atoms with Gasteiger partial charge in [-0.05, 0) is 31.9 Å². The van der Waals surface area contributed by atoms with Gasteiger partial charge in [0.25, 0.3) is 0 Å². The molecule has 158 valence electrons. The van der Waals surface area contributed by atoms with Crippen molar-refractivity contribution in [3.8, 4) is 22.6 Å². The highest BCUT2D eigenvalue weighted by molar-refractivity contribution is 7.91. The van der Waals surface area contributed by atoms with Crippen molar-refractivity contribution in [2.24, 2.45) is 0 Å². The molecular formula is C23H21N3O3S2. The summed E-state index contributed by atoms with van der Waals surface area (Å²) in [5.41, 5.74) is 3.89. The van der Waals surface area contributed by atoms with Crippen molar-refractivity contribution >= 4 is 21.2 Å². The smallest absolute Gasteiger partial charge is 0.227 e. The standard InChI is InChI=1S/C23H21N3O3S2/c1-15-2-10-19(11-3-15)31(27,28)13-12-21-25-22(26-29-21)17-6-4-16(5-7-17)20-14-30-23(24-20)18-8-9-18/h2-7,10-11,14,18H,8-9,12-13H2,1H3. The van der Waals surface area contributed by atoms with Crippen LogP contribution in [0.2, 0.25) is 0 Å². The van der Waals surface area contributed by atoms with Crippen LogP contribution in [0.1, 0.15) is 35.2 Å². The summed E-state index contributed by atoms with van der Waals surface area (Å²) in [6.45, 7) is 1.92. The quantitative estimate of drug-likeness (QED) is 0.390. The molecule has 0 bridgehead atoms. The molecule has 31 heavy (non-hydrogen) atoms. The molecule has 0 unspecified atom stereocenters. The van der Waals surface area contributed by atoms with Crippen LogP contribution in [0, 0.1) is 6.92 Å². The number of benzene rings is 2. The lowest BCUT2D eigenvalue weighted by Gasteiger charge is -2.03. The van der Waals surface area contributed by atoms with Gasteiger partial charge in [-0.3, -0.25) is 0 Å². The Kier molecular flexibility index (Phi) is 5.19. The molecule has 6 nitrogen and oxygen atoms in total. The summed E-state index contributed by atoms with van der Waals surface area (Å²) in [4.78, 5) is 9.42. The SMILES string of the molecule is Cc1ccc(S(=O)(=O)CCc2nc(-c3ccc(-c4csc(C5CC5)n4)cc3)no2)cc1. The van der Waals surface area contributed by atoms with E-state index >= 15 is 0 Å². The molecule has 0 saturated heterocycles. The van der Waals surface area contributed by atoms with Crippen LogP contribution in [0.4, 0.5) is 0 Å². The summed E-state index contributed by atoms with van der Waals surface area (Å²) in [5, 5.41) is 7.34. The Morgan fingerprint density at radius 3 is 2.42 bits per heavy atom. The van der Waals surface area contributed by atoms with Crippen molar-refractivity contribution < 1.29 is 12.9 Å². The molecule has 0 N–H and O–H groups in total. The molecule has 0 amide bonds. The molecule has 0 spiro atoms. The van der Waals surface area contributed by atoms with Gasteiger partial charge < -0.3 is 4.52 Å². The van der Waals surface area contributed by atoms with Gasteiger partial charge in [0.05, 0.1) is 21.3 Å². The molecule has 1 saturated carbocycles. The molecular weight excluding hydrogens is 430 g/mol. The third-order valence-corrected chi connectivity index (χ3v) is 8.06. The van der Waals surface area contributed by atoms with E-state index in [9.17, 15) is 8.42 Å². The van der Waals surface area contributed by atoms with E-state index in [1.165, 1.54) is 17.8 Å². The van der Waals surface area contributed by atoms with E-state index in [2.05, 4.69) is 15.5 Å². The number of thiazole rings is 1. The Morgan fingerprint density at radius 1 is 1.00 bits per heavy atom. The van der Waals surface area contributed by atoms with E-state index in [4.69, 9.17) is 9.51 Å². The van der Waals surface area contributed by atoms with Crippen molar-refractivity contribution in [2.75, 3.05) is 5.75 Å². The molecule has 5 rings (SSSR count). The number of hydrogen-bond acceptors (Lipinski definition) is 7. The molecule has 1 fully saturated rings. The van der Waals surface area contributed by atoms with Crippen LogP contribution in [0.25, 0.3) is 22.6 Å². The van der Waals surface area contributed by atoms with E-state index in [1.54, 1.807) is 35.6 Å². The fourth-order valence-corrected chi connectivity index (χ4v) is 5.52. The highest BCUT2D eigenvalue weighted by Crippen LogP contribution is 2.42. The maximum atomic E-state index is 12.5. The predicted octanol–water partition coefficient (Wildman–Crippen LogP) is 5.06. The molecule has 2 aromatic carbocycles. The highest BCUT2D eigenvalue weighted by Gasteiger charge is 2.26. The Labute approximate surface area is 184 Å². The minimum absolute atomic E-state index is 0.0796. The molecule has 1 aliphatic rings. The topological polar surface area (TPSA) is 86.0 Å². The van der Waals surface area contributed by atoms with Gasteiger partial charge in [-0.15, -0.1) is 11.3 Å². The minimum atomic E-state index is -3.40. The van der Waals surface area contributed by atoms with Crippen molar-refractivity contribution in [3.05, 3.63) is 70.4 Å². The molecule has 1 aliphatic carbocycles. The lowest BCUT2D eigenvalue weighted by molar-refractivity contribution is 0.382. The number of aromatic nitrogens is 3. The monoisotopic (exact) mass is 451 g/mol. The number of aryl methyl sites for hydroxylation is 2. The number of sulfone groups is 1. The van der Waals surface area contributed by atoms with Gasteiger partial charge in [0.1, 0.15) is 0 Å². The van der Waals surface area contributed by atoms with E-state index < -0.39 is 9.84 Å². The van der Waals surface area contributed by atoms with Crippen molar-refractivity contribution in [1.82, 2.24) is 15.1 Å². The first-order chi connectivity index (χ1) is 15.0. The van der Waals surface area contributed by atoms with Crippen LogP contribution in [0.5, 0.6) is 0 Å². The number of rotatable bonds is 7. The summed E-state index contributed by atoms with van der Waals surface area (Å²) in [5.74, 6) is 1.34. The van der Waals surface area contributed by atoms with E-state index in [0.29, 0.717) is 22.5 Å². The lowest BCUT2D eigenvalue weighted by Crippen LogP contribution is -2.09. The Morgan fingerprint density at radius 2 is 1.71 bits per heavy atom. The van der Waals surface area contributed by atoms with Gasteiger partial charge in [-0.2, -0.15) is 4.98 Å². The average Bonchev–Trinajstić information content (AvgIpc) is 3.31. The van der Waals surface area contributed by atoms with Crippen molar-refractivity contribution in [3.63, 3.8) is 0 Å². The summed E-state index contributed by atoms with van der Waals surface area (Å²) < 4.78 is 30.3. The molecule has 8 heteroatoms. The van der Waals surface area contributed by atoms with Gasteiger partial charge in [0, 0.05) is 28.8 Å². The van der Waals surface area contributed by atoms with Gasteiger partial charge in [0.2, 0.25) is 11.7 Å². The Balaban J connectivity index is 1.26. The molecule has 2 heterocycles. The summed E-state index contributed by atoms with van der Waals surface area (Å²) >= 11 is 1.73. The second-order valence-electron chi connectivity index (χ2n) is 7.82. The van der Waals surface area contributed by atoms with Gasteiger partial charge in [-0.25, -0.2) is 13.4 Å². The van der Waals surface area contributed by atoms with Gasteiger partial charge in [0.15, 0.2) is 9.84 Å². The second-order valence-corrected chi connectivity index (χ2v) is 10.8. The van der Waals surface area contributed by atoms with Crippen molar-refractivity contribution in [1.29, 1.82) is 0 Å². The van der Waals surface area contributed by atoms with Crippen LogP contribution >= 0.6 is 11.3 Å². The van der Waals surface area contributed by atoms with E-state index in [-0.39, 0.29) is 12.2 Å². The lowest BCUT2D eigenvalue weighted by atomic mass is 10.1. The largest absolute Gasteiger partial charge is 0.339 e. The zero-order valence-electron chi connectivity index (χ0n) is 17.0. The highest BCUT2D eigenvalue weighted by atomic mass is 32.2. The third kappa shape index (κ3) is 4.45. The zero-order chi connectivity index (χ0) is 21.4. The predicted molar refractivity (Wildman–Crippen MR) is 120 cm³/mol. The molecule has 2 aromatic heterocycles. The fraction of sp³-hybridized carbons (Fsp3) is 0.261. The fourth-order valence-electron chi connectivity index (χ4n) is 3.29. The van der Waals surface area contributed by atoms with Gasteiger partial charge >= 0.3 is 0 Å². The Bertz CT molecular complexity index is 1300. The average molecular weight is 452 g/mol. The molecule has 0 aliphatic heterocycles. The summed E-state index contributed by atoms with van der Waals surface area (Å²) in [6.07, 6.45) is 2.67. The first-order valence-electron chi connectivity index (χ1n) is 10.2. The summed E-state index contributed by atoms with van der Waals surface area (Å²) in [7, 11) is -3.40. The minimum Gasteiger partial charge on any atom is -0.339 e. The van der Waals surface area contributed by atoms with Crippen LogP contribution in [0.15, 0.2) is 63.3 Å². The maximum Gasteiger partial charge on any atom is 0.227 e. The maximum absolute atomic E-state index is 12.5. The summed E-state index contributed by atoms with van der Waals surface area (Å²) in [6, 6.07) is 14.7. The van der Waals surface area contributed by atoms with Crippen molar-refractivity contribution in [2.45, 2.75) is 37.0 Å². The molecule has 0 radical (unpaired) electrons. The van der Waals surface area contributed by atoms with Gasteiger partial charge in [-0.1, -0.05) is 47.1 Å². The Hall–Kier alpha value is -2.84. The number of hydrogen-bond donors (Lipinski definition) is 0.